The quantitative estimate of drug-likeness (QED) is 0.874. The highest BCUT2D eigenvalue weighted by molar-refractivity contribution is 9.10. The maximum atomic E-state index is 10.3. The molecule has 0 saturated heterocycles. The second-order valence-corrected chi connectivity index (χ2v) is 5.57. The third kappa shape index (κ3) is 3.80. The highest BCUT2D eigenvalue weighted by atomic mass is 79.9. The van der Waals surface area contributed by atoms with Crippen molar-refractivity contribution in [1.82, 2.24) is 0 Å². The highest BCUT2D eigenvalue weighted by Gasteiger charge is 2.36. The van der Waals surface area contributed by atoms with Gasteiger partial charge in [0.05, 0.1) is 12.2 Å². The molecule has 2 unspecified atom stereocenters. The van der Waals surface area contributed by atoms with Gasteiger partial charge < -0.3 is 9.84 Å². The number of ether oxygens (including phenoxy) is 1. The van der Waals surface area contributed by atoms with Crippen molar-refractivity contribution in [3.05, 3.63) is 34.3 Å². The molecular weight excluding hydrogens is 280 g/mol. The molecule has 1 aromatic rings. The standard InChI is InChI=1S/C14H19BrO2/c1-2-17-14(11-6-7-11)13(16)9-10-4-3-5-12(15)8-10/h3-5,8,11,13-14,16H,2,6-7,9H2,1H3. The number of rotatable bonds is 6. The first kappa shape index (κ1) is 13.1. The van der Waals surface area contributed by atoms with Gasteiger partial charge in [-0.15, -0.1) is 0 Å². The number of aliphatic hydroxyl groups excluding tert-OH is 1. The molecule has 94 valence electrons. The van der Waals surface area contributed by atoms with Crippen LogP contribution in [0.25, 0.3) is 0 Å². The van der Waals surface area contributed by atoms with Crippen LogP contribution >= 0.6 is 15.9 Å². The number of aliphatic hydroxyl groups is 1. The zero-order valence-corrected chi connectivity index (χ0v) is 11.7. The maximum Gasteiger partial charge on any atom is 0.0865 e. The van der Waals surface area contributed by atoms with Crippen molar-refractivity contribution >= 4 is 15.9 Å². The van der Waals surface area contributed by atoms with Crippen LogP contribution in [0.3, 0.4) is 0 Å². The average Bonchev–Trinajstić information content (AvgIpc) is 3.09. The average molecular weight is 299 g/mol. The predicted octanol–water partition coefficient (Wildman–Crippen LogP) is 3.17. The lowest BCUT2D eigenvalue weighted by atomic mass is 10.0. The summed E-state index contributed by atoms with van der Waals surface area (Å²) in [5.41, 5.74) is 1.15. The van der Waals surface area contributed by atoms with Gasteiger partial charge in [-0.2, -0.15) is 0 Å². The lowest BCUT2D eigenvalue weighted by molar-refractivity contribution is -0.0439. The molecule has 0 heterocycles. The second kappa shape index (κ2) is 5.98. The molecule has 17 heavy (non-hydrogen) atoms. The van der Waals surface area contributed by atoms with Crippen LogP contribution in [0.5, 0.6) is 0 Å². The van der Waals surface area contributed by atoms with Gasteiger partial charge in [-0.1, -0.05) is 28.1 Å². The van der Waals surface area contributed by atoms with Crippen LogP contribution in [0.1, 0.15) is 25.3 Å². The summed E-state index contributed by atoms with van der Waals surface area (Å²) in [6.07, 6.45) is 2.68. The van der Waals surface area contributed by atoms with Crippen LogP contribution in [0.2, 0.25) is 0 Å². The molecule has 3 heteroatoms. The second-order valence-electron chi connectivity index (χ2n) is 4.66. The molecule has 0 amide bonds. The van der Waals surface area contributed by atoms with Gasteiger partial charge in [-0.3, -0.25) is 0 Å². The summed E-state index contributed by atoms with van der Waals surface area (Å²) in [6, 6.07) is 8.10. The Bertz CT molecular complexity index is 363. The molecule has 1 aromatic carbocycles. The lowest BCUT2D eigenvalue weighted by Crippen LogP contribution is -2.32. The Morgan fingerprint density at radius 3 is 2.82 bits per heavy atom. The molecule has 0 aliphatic heterocycles. The predicted molar refractivity (Wildman–Crippen MR) is 72.0 cm³/mol. The minimum Gasteiger partial charge on any atom is -0.390 e. The summed E-state index contributed by atoms with van der Waals surface area (Å²) in [5, 5.41) is 10.3. The van der Waals surface area contributed by atoms with Gasteiger partial charge in [0, 0.05) is 17.5 Å². The summed E-state index contributed by atoms with van der Waals surface area (Å²) in [4.78, 5) is 0. The van der Waals surface area contributed by atoms with Gasteiger partial charge in [0.15, 0.2) is 0 Å². The molecule has 2 atom stereocenters. The van der Waals surface area contributed by atoms with E-state index in [4.69, 9.17) is 4.74 Å². The SMILES string of the molecule is CCOC(C(O)Cc1cccc(Br)c1)C1CC1. The lowest BCUT2D eigenvalue weighted by Gasteiger charge is -2.22. The van der Waals surface area contributed by atoms with E-state index >= 15 is 0 Å². The summed E-state index contributed by atoms with van der Waals surface area (Å²) in [5.74, 6) is 0.567. The van der Waals surface area contributed by atoms with Crippen molar-refractivity contribution in [3.63, 3.8) is 0 Å². The topological polar surface area (TPSA) is 29.5 Å². The summed E-state index contributed by atoms with van der Waals surface area (Å²) in [7, 11) is 0. The minimum absolute atomic E-state index is 0.0129. The van der Waals surface area contributed by atoms with Crippen LogP contribution in [-0.2, 0) is 11.2 Å². The van der Waals surface area contributed by atoms with Crippen molar-refractivity contribution < 1.29 is 9.84 Å². The first-order valence-corrected chi connectivity index (χ1v) is 7.04. The van der Waals surface area contributed by atoms with E-state index in [1.165, 1.54) is 12.8 Å². The fraction of sp³-hybridized carbons (Fsp3) is 0.571. The Morgan fingerprint density at radius 1 is 1.47 bits per heavy atom. The Balaban J connectivity index is 1.96. The van der Waals surface area contributed by atoms with Crippen LogP contribution in [-0.4, -0.2) is 23.9 Å². The summed E-state index contributed by atoms with van der Waals surface area (Å²) in [6.45, 7) is 2.66. The monoisotopic (exact) mass is 298 g/mol. The molecule has 1 aliphatic rings. The molecular formula is C14H19BrO2. The summed E-state index contributed by atoms with van der Waals surface area (Å²) >= 11 is 3.45. The van der Waals surface area contributed by atoms with E-state index in [1.54, 1.807) is 0 Å². The molecule has 0 aromatic heterocycles. The van der Waals surface area contributed by atoms with E-state index in [0.717, 1.165) is 10.0 Å². The summed E-state index contributed by atoms with van der Waals surface area (Å²) < 4.78 is 6.73. The van der Waals surface area contributed by atoms with Crippen LogP contribution in [0, 0.1) is 5.92 Å². The molecule has 2 rings (SSSR count). The van der Waals surface area contributed by atoms with E-state index in [-0.39, 0.29) is 6.10 Å². The van der Waals surface area contributed by atoms with Crippen LogP contribution in [0.15, 0.2) is 28.7 Å². The van der Waals surface area contributed by atoms with Gasteiger partial charge in [0.1, 0.15) is 0 Å². The van der Waals surface area contributed by atoms with Gasteiger partial charge in [0.2, 0.25) is 0 Å². The first-order valence-electron chi connectivity index (χ1n) is 6.24. The zero-order valence-electron chi connectivity index (χ0n) is 10.1. The van der Waals surface area contributed by atoms with Crippen molar-refractivity contribution in [2.75, 3.05) is 6.61 Å². The Kier molecular flexibility index (Phi) is 4.60. The van der Waals surface area contributed by atoms with Gasteiger partial charge in [0.25, 0.3) is 0 Å². The zero-order chi connectivity index (χ0) is 12.3. The Labute approximate surface area is 111 Å². The Morgan fingerprint density at radius 2 is 2.24 bits per heavy atom. The molecule has 1 N–H and O–H groups in total. The largest absolute Gasteiger partial charge is 0.390 e. The fourth-order valence-electron chi connectivity index (χ4n) is 2.20. The molecule has 2 nitrogen and oxygen atoms in total. The molecule has 0 bridgehead atoms. The molecule has 1 saturated carbocycles. The van der Waals surface area contributed by atoms with E-state index in [0.29, 0.717) is 18.9 Å². The smallest absolute Gasteiger partial charge is 0.0865 e. The van der Waals surface area contributed by atoms with Gasteiger partial charge >= 0.3 is 0 Å². The van der Waals surface area contributed by atoms with Crippen molar-refractivity contribution in [2.24, 2.45) is 5.92 Å². The van der Waals surface area contributed by atoms with E-state index in [1.807, 2.05) is 25.1 Å². The van der Waals surface area contributed by atoms with Gasteiger partial charge in [-0.05, 0) is 43.4 Å². The molecule has 0 spiro atoms. The molecule has 0 radical (unpaired) electrons. The van der Waals surface area contributed by atoms with E-state index < -0.39 is 6.10 Å². The van der Waals surface area contributed by atoms with Gasteiger partial charge in [-0.25, -0.2) is 0 Å². The third-order valence-corrected chi connectivity index (χ3v) is 3.65. The maximum absolute atomic E-state index is 10.3. The van der Waals surface area contributed by atoms with Crippen LogP contribution in [0.4, 0.5) is 0 Å². The third-order valence-electron chi connectivity index (χ3n) is 3.16. The van der Waals surface area contributed by atoms with Crippen molar-refractivity contribution in [1.29, 1.82) is 0 Å². The minimum atomic E-state index is -0.392. The first-order chi connectivity index (χ1) is 8.20. The molecule has 1 fully saturated rings. The van der Waals surface area contributed by atoms with E-state index in [2.05, 4.69) is 22.0 Å². The molecule has 1 aliphatic carbocycles. The fourth-order valence-corrected chi connectivity index (χ4v) is 2.65. The van der Waals surface area contributed by atoms with Crippen LogP contribution < -0.4 is 0 Å². The number of halogens is 1. The van der Waals surface area contributed by atoms with E-state index in [9.17, 15) is 5.11 Å². The number of hydrogen-bond donors (Lipinski definition) is 1. The van der Waals surface area contributed by atoms with Crippen molar-refractivity contribution in [3.8, 4) is 0 Å². The van der Waals surface area contributed by atoms with Crippen molar-refractivity contribution in [2.45, 2.75) is 38.4 Å². The number of benzene rings is 1. The number of hydrogen-bond acceptors (Lipinski definition) is 2. The Hall–Kier alpha value is -0.380. The normalized spacial score (nSPS) is 19.0. The highest BCUT2D eigenvalue weighted by Crippen LogP contribution is 2.36.